The van der Waals surface area contributed by atoms with Crippen LogP contribution in [0.5, 0.6) is 0 Å². The van der Waals surface area contributed by atoms with Crippen molar-refractivity contribution in [1.82, 2.24) is 15.3 Å². The zero-order chi connectivity index (χ0) is 17.6. The van der Waals surface area contributed by atoms with Crippen LogP contribution in [-0.2, 0) is 4.79 Å². The number of nitrogens with one attached hydrogen (secondary N) is 2. The Morgan fingerprint density at radius 1 is 1.04 bits per heavy atom. The number of rotatable bonds is 2. The Morgan fingerprint density at radius 3 is 2.44 bits per heavy atom. The van der Waals surface area contributed by atoms with Crippen LogP contribution in [0, 0.1) is 13.8 Å². The Hall–Kier alpha value is -2.86. The summed E-state index contributed by atoms with van der Waals surface area (Å²) in [4.78, 5) is 31.2. The number of carbonyl (C=O) groups excluding carboxylic acids is 2. The molecule has 0 bridgehead atoms. The molecule has 2 amide bonds. The van der Waals surface area contributed by atoms with Gasteiger partial charge in [0.05, 0.1) is 15.9 Å². The lowest BCUT2D eigenvalue weighted by Crippen LogP contribution is -2.17. The molecule has 5 nitrogen and oxygen atoms in total. The number of aromatic nitrogens is 2. The van der Waals surface area contributed by atoms with Gasteiger partial charge in [-0.2, -0.15) is 0 Å². The summed E-state index contributed by atoms with van der Waals surface area (Å²) in [6.45, 7) is 4.16. The topological polar surface area (TPSA) is 74.8 Å². The molecule has 2 N–H and O–H groups in total. The van der Waals surface area contributed by atoms with Gasteiger partial charge in [-0.25, -0.2) is 4.98 Å². The Kier molecular flexibility index (Phi) is 3.69. The van der Waals surface area contributed by atoms with Crippen molar-refractivity contribution in [2.45, 2.75) is 13.8 Å². The van der Waals surface area contributed by atoms with Crippen molar-refractivity contribution in [2.24, 2.45) is 0 Å². The summed E-state index contributed by atoms with van der Waals surface area (Å²) in [7, 11) is 0. The highest BCUT2D eigenvalue weighted by molar-refractivity contribution is 8.18. The highest BCUT2D eigenvalue weighted by Gasteiger charge is 2.24. The summed E-state index contributed by atoms with van der Waals surface area (Å²) < 4.78 is 0. The smallest absolute Gasteiger partial charge is 0.290 e. The van der Waals surface area contributed by atoms with Crippen molar-refractivity contribution in [2.75, 3.05) is 0 Å². The first-order chi connectivity index (χ1) is 12.0. The Labute approximate surface area is 148 Å². The van der Waals surface area contributed by atoms with Gasteiger partial charge in [0.15, 0.2) is 0 Å². The van der Waals surface area contributed by atoms with E-state index in [9.17, 15) is 9.59 Å². The second-order valence-corrected chi connectivity index (χ2v) is 7.03. The number of amides is 2. The molecule has 1 aliphatic heterocycles. The Bertz CT molecular complexity index is 1010. The van der Waals surface area contributed by atoms with Crippen LogP contribution in [0.1, 0.15) is 16.7 Å². The third kappa shape index (κ3) is 2.96. The van der Waals surface area contributed by atoms with Crippen molar-refractivity contribution in [1.29, 1.82) is 0 Å². The molecule has 0 unspecified atom stereocenters. The molecule has 1 aliphatic rings. The quantitative estimate of drug-likeness (QED) is 0.681. The standard InChI is InChI=1S/C19H15N3O2S/c1-10-7-14-15(8-11(10)2)21-17(20-14)13-5-3-12(4-6-13)9-16-18(23)22-19(24)25-16/h3-9H,1-2H3,(H,20,21)(H,22,23,24). The molecule has 0 radical (unpaired) electrons. The van der Waals surface area contributed by atoms with Crippen LogP contribution in [0.2, 0.25) is 0 Å². The third-order valence-corrected chi connectivity index (χ3v) is 5.03. The fourth-order valence-corrected chi connectivity index (χ4v) is 3.40. The van der Waals surface area contributed by atoms with Crippen molar-refractivity contribution in [3.63, 3.8) is 0 Å². The monoisotopic (exact) mass is 349 g/mol. The number of aromatic amines is 1. The van der Waals surface area contributed by atoms with Crippen molar-refractivity contribution in [3.05, 3.63) is 58.0 Å². The molecule has 2 heterocycles. The SMILES string of the molecule is Cc1cc2nc(-c3ccc(C=C4SC(=O)NC4=O)cc3)[nH]c2cc1C. The van der Waals surface area contributed by atoms with Crippen molar-refractivity contribution in [3.8, 4) is 11.4 Å². The maximum Gasteiger partial charge on any atom is 0.290 e. The number of imidazole rings is 1. The van der Waals surface area contributed by atoms with E-state index in [1.165, 1.54) is 11.1 Å². The number of thioether (sulfide) groups is 1. The van der Waals surface area contributed by atoms with E-state index < -0.39 is 0 Å². The van der Waals surface area contributed by atoms with Gasteiger partial charge in [-0.3, -0.25) is 14.9 Å². The van der Waals surface area contributed by atoms with E-state index in [1.54, 1.807) is 6.08 Å². The number of nitrogens with zero attached hydrogens (tertiary/aromatic N) is 1. The molecule has 6 heteroatoms. The molecule has 0 atom stereocenters. The van der Waals surface area contributed by atoms with E-state index in [1.807, 2.05) is 24.3 Å². The average Bonchev–Trinajstić information content (AvgIpc) is 3.11. The summed E-state index contributed by atoms with van der Waals surface area (Å²) in [6, 6.07) is 11.9. The normalized spacial score (nSPS) is 16.0. The van der Waals surface area contributed by atoms with Gasteiger partial charge in [0.2, 0.25) is 0 Å². The molecule has 25 heavy (non-hydrogen) atoms. The van der Waals surface area contributed by atoms with Crippen LogP contribution in [0.4, 0.5) is 4.79 Å². The van der Waals surface area contributed by atoms with Gasteiger partial charge >= 0.3 is 0 Å². The number of hydrogen-bond acceptors (Lipinski definition) is 4. The van der Waals surface area contributed by atoms with Crippen LogP contribution in [0.25, 0.3) is 28.5 Å². The van der Waals surface area contributed by atoms with E-state index in [2.05, 4.69) is 41.3 Å². The first-order valence-electron chi connectivity index (χ1n) is 7.82. The van der Waals surface area contributed by atoms with Crippen LogP contribution < -0.4 is 5.32 Å². The molecular weight excluding hydrogens is 334 g/mol. The van der Waals surface area contributed by atoms with Gasteiger partial charge in [0.25, 0.3) is 11.1 Å². The lowest BCUT2D eigenvalue weighted by molar-refractivity contribution is -0.115. The zero-order valence-electron chi connectivity index (χ0n) is 13.7. The Balaban J connectivity index is 1.65. The van der Waals surface area contributed by atoms with Crippen LogP contribution in [-0.4, -0.2) is 21.1 Å². The highest BCUT2D eigenvalue weighted by Crippen LogP contribution is 2.27. The maximum absolute atomic E-state index is 11.6. The number of carbonyl (C=O) groups is 2. The molecule has 1 saturated heterocycles. The minimum Gasteiger partial charge on any atom is -0.338 e. The predicted octanol–water partition coefficient (Wildman–Crippen LogP) is 4.17. The van der Waals surface area contributed by atoms with Crippen molar-refractivity contribution < 1.29 is 9.59 Å². The highest BCUT2D eigenvalue weighted by atomic mass is 32.2. The summed E-state index contributed by atoms with van der Waals surface area (Å²) in [5.41, 5.74) is 6.23. The number of fused-ring (bicyclic) bond motifs is 1. The second-order valence-electron chi connectivity index (χ2n) is 6.01. The van der Waals surface area contributed by atoms with Crippen molar-refractivity contribution >= 4 is 40.0 Å². The number of benzene rings is 2. The van der Waals surface area contributed by atoms with E-state index in [0.717, 1.165) is 39.7 Å². The predicted molar refractivity (Wildman–Crippen MR) is 100 cm³/mol. The summed E-state index contributed by atoms with van der Waals surface area (Å²) in [6.07, 6.45) is 1.71. The number of imide groups is 1. The van der Waals surface area contributed by atoms with Gasteiger partial charge in [-0.05, 0) is 60.5 Å². The minimum atomic E-state index is -0.345. The van der Waals surface area contributed by atoms with Crippen LogP contribution in [0.3, 0.4) is 0 Å². The van der Waals surface area contributed by atoms with Crippen LogP contribution in [0.15, 0.2) is 41.3 Å². The van der Waals surface area contributed by atoms with Gasteiger partial charge in [0.1, 0.15) is 5.82 Å². The molecule has 124 valence electrons. The second kappa shape index (κ2) is 5.89. The van der Waals surface area contributed by atoms with Gasteiger partial charge in [-0.1, -0.05) is 24.3 Å². The van der Waals surface area contributed by atoms with Crippen LogP contribution >= 0.6 is 11.8 Å². The Morgan fingerprint density at radius 2 is 1.76 bits per heavy atom. The fraction of sp³-hybridized carbons (Fsp3) is 0.105. The molecular formula is C19H15N3O2S. The average molecular weight is 349 g/mol. The summed E-state index contributed by atoms with van der Waals surface area (Å²) >= 11 is 0.918. The molecule has 0 aliphatic carbocycles. The first-order valence-corrected chi connectivity index (χ1v) is 8.63. The zero-order valence-corrected chi connectivity index (χ0v) is 14.5. The van der Waals surface area contributed by atoms with Gasteiger partial charge in [-0.15, -0.1) is 0 Å². The van der Waals surface area contributed by atoms with E-state index in [4.69, 9.17) is 0 Å². The number of hydrogen-bond donors (Lipinski definition) is 2. The lowest BCUT2D eigenvalue weighted by atomic mass is 10.1. The molecule has 1 aromatic heterocycles. The molecule has 4 rings (SSSR count). The molecule has 0 saturated carbocycles. The summed E-state index contributed by atoms with van der Waals surface area (Å²) in [5, 5.41) is 1.92. The molecule has 3 aromatic rings. The summed E-state index contributed by atoms with van der Waals surface area (Å²) in [5.74, 6) is 0.462. The third-order valence-electron chi connectivity index (χ3n) is 4.22. The molecule has 2 aromatic carbocycles. The largest absolute Gasteiger partial charge is 0.338 e. The number of H-pyrrole nitrogens is 1. The molecule has 1 fully saturated rings. The van der Waals surface area contributed by atoms with Gasteiger partial charge in [0, 0.05) is 5.56 Å². The van der Waals surface area contributed by atoms with E-state index in [-0.39, 0.29) is 11.1 Å². The lowest BCUT2D eigenvalue weighted by Gasteiger charge is -1.99. The molecule has 0 spiro atoms. The van der Waals surface area contributed by atoms with E-state index >= 15 is 0 Å². The first kappa shape index (κ1) is 15.7. The fourth-order valence-electron chi connectivity index (χ4n) is 2.72. The number of aryl methyl sites for hydroxylation is 2. The van der Waals surface area contributed by atoms with E-state index in [0.29, 0.717) is 4.91 Å². The van der Waals surface area contributed by atoms with Gasteiger partial charge < -0.3 is 4.98 Å². The minimum absolute atomic E-state index is 0.333. The maximum atomic E-state index is 11.6.